The van der Waals surface area contributed by atoms with Crippen molar-refractivity contribution >= 4 is 5.69 Å². The molecular weight excluding hydrogens is 278 g/mol. The van der Waals surface area contributed by atoms with Crippen molar-refractivity contribution in [1.82, 2.24) is 9.78 Å². The highest BCUT2D eigenvalue weighted by Gasteiger charge is 1.99. The van der Waals surface area contributed by atoms with Crippen molar-refractivity contribution in [2.24, 2.45) is 16.2 Å². The monoisotopic (exact) mass is 295 g/mol. The first kappa shape index (κ1) is 15.2. The van der Waals surface area contributed by atoms with Gasteiger partial charge in [-0.05, 0) is 31.2 Å². The van der Waals surface area contributed by atoms with Crippen molar-refractivity contribution < 1.29 is 0 Å². The smallest absolute Gasteiger partial charge is 0.271 e. The second-order valence-corrected chi connectivity index (χ2v) is 4.50. The molecule has 112 valence electrons. The Hall–Kier alpha value is -3.15. The predicted octanol–water partition coefficient (Wildman–Crippen LogP) is 3.12. The Morgan fingerprint density at radius 1 is 1.00 bits per heavy atom. The fraction of sp³-hybridized carbons (Fsp3) is 0.0625. The van der Waals surface area contributed by atoms with Gasteiger partial charge in [0.2, 0.25) is 0 Å². The molecule has 0 aliphatic heterocycles. The van der Waals surface area contributed by atoms with Crippen LogP contribution in [-0.4, -0.2) is 9.78 Å². The molecule has 22 heavy (non-hydrogen) atoms. The van der Waals surface area contributed by atoms with Crippen LogP contribution in [0, 0.1) is 6.92 Å². The van der Waals surface area contributed by atoms with E-state index in [9.17, 15) is 4.79 Å². The van der Waals surface area contributed by atoms with Crippen LogP contribution in [0.1, 0.15) is 5.69 Å². The zero-order valence-corrected chi connectivity index (χ0v) is 12.2. The number of benzene rings is 2. The van der Waals surface area contributed by atoms with Gasteiger partial charge in [0.25, 0.3) is 5.56 Å². The van der Waals surface area contributed by atoms with Gasteiger partial charge in [-0.2, -0.15) is 0 Å². The van der Waals surface area contributed by atoms with E-state index in [4.69, 9.17) is 5.84 Å². The quantitative estimate of drug-likeness (QED) is 0.432. The van der Waals surface area contributed by atoms with Crippen LogP contribution in [0.25, 0.3) is 5.69 Å². The molecular formula is C16H17N5O. The summed E-state index contributed by atoms with van der Waals surface area (Å²) in [6.07, 6.45) is 0. The van der Waals surface area contributed by atoms with E-state index in [1.54, 1.807) is 6.07 Å². The van der Waals surface area contributed by atoms with E-state index < -0.39 is 0 Å². The molecule has 6 nitrogen and oxygen atoms in total. The van der Waals surface area contributed by atoms with Gasteiger partial charge >= 0.3 is 0 Å². The topological polar surface area (TPSA) is 88.5 Å². The van der Waals surface area contributed by atoms with Gasteiger partial charge in [0.05, 0.1) is 11.4 Å². The zero-order chi connectivity index (χ0) is 15.8. The van der Waals surface area contributed by atoms with E-state index in [2.05, 4.69) is 15.4 Å². The summed E-state index contributed by atoms with van der Waals surface area (Å²) >= 11 is 0. The van der Waals surface area contributed by atoms with Crippen LogP contribution in [0.2, 0.25) is 0 Å². The second kappa shape index (κ2) is 7.58. The molecule has 0 atom stereocenters. The molecule has 2 aromatic carbocycles. The van der Waals surface area contributed by atoms with Gasteiger partial charge in [0, 0.05) is 11.8 Å². The van der Waals surface area contributed by atoms with Gasteiger partial charge in [-0.1, -0.05) is 41.6 Å². The zero-order valence-electron chi connectivity index (χ0n) is 12.2. The van der Waals surface area contributed by atoms with E-state index in [1.807, 2.05) is 67.6 Å². The predicted molar refractivity (Wildman–Crippen MR) is 86.3 cm³/mol. The van der Waals surface area contributed by atoms with Gasteiger partial charge in [-0.25, -0.2) is 4.68 Å². The van der Waals surface area contributed by atoms with Crippen LogP contribution in [-0.2, 0) is 0 Å². The van der Waals surface area contributed by atoms with Crippen molar-refractivity contribution in [3.05, 3.63) is 82.8 Å². The number of nitrogens with one attached hydrogen (secondary N) is 1. The van der Waals surface area contributed by atoms with Crippen LogP contribution in [0.15, 0.2) is 81.9 Å². The lowest BCUT2D eigenvalue weighted by atomic mass is 10.3. The average Bonchev–Trinajstić information content (AvgIpc) is 2.89. The second-order valence-electron chi connectivity index (χ2n) is 4.50. The Kier molecular flexibility index (Phi) is 5.25. The van der Waals surface area contributed by atoms with E-state index in [1.165, 1.54) is 4.68 Å². The highest BCUT2D eigenvalue weighted by molar-refractivity contribution is 5.34. The molecule has 0 bridgehead atoms. The molecule has 3 aromatic rings. The highest BCUT2D eigenvalue weighted by Crippen LogP contribution is 2.08. The number of hydrogen-bond donors (Lipinski definition) is 2. The van der Waals surface area contributed by atoms with Gasteiger partial charge < -0.3 is 5.84 Å². The molecule has 0 aliphatic carbocycles. The van der Waals surface area contributed by atoms with Crippen molar-refractivity contribution in [3.8, 4) is 5.69 Å². The minimum atomic E-state index is -0.0244. The average molecular weight is 295 g/mol. The standard InChI is InChI=1S/C10H10N2O.C6H7N3/c1-8-7-10(13)12(11-8)9-5-3-2-4-6-9;7-9-8-6-4-2-1-3-5-6/h2-7,11H,1H3;1-5H,(H2,7,8). The minimum Gasteiger partial charge on any atom is -0.305 e. The van der Waals surface area contributed by atoms with Gasteiger partial charge in [0.15, 0.2) is 0 Å². The number of rotatable bonds is 2. The normalized spacial score (nSPS) is 10.2. The van der Waals surface area contributed by atoms with E-state index in [0.717, 1.165) is 17.1 Å². The SMILES string of the molecule is Cc1cc(=O)n(-c2ccccc2)[nH]1.NN=Nc1ccccc1. The number of para-hydroxylation sites is 1. The molecule has 0 amide bonds. The third-order valence-corrected chi connectivity index (χ3v) is 2.79. The number of H-pyrrole nitrogens is 1. The maximum atomic E-state index is 11.4. The van der Waals surface area contributed by atoms with Crippen molar-refractivity contribution in [1.29, 1.82) is 0 Å². The molecule has 1 aromatic heterocycles. The Labute approximate surface area is 127 Å². The first-order valence-corrected chi connectivity index (χ1v) is 6.71. The number of aromatic nitrogens is 2. The molecule has 0 unspecified atom stereocenters. The molecule has 1 heterocycles. The number of nitrogens with two attached hydrogens (primary N) is 1. The fourth-order valence-electron chi connectivity index (χ4n) is 1.84. The van der Waals surface area contributed by atoms with Crippen molar-refractivity contribution in [3.63, 3.8) is 0 Å². The highest BCUT2D eigenvalue weighted by atomic mass is 16.1. The number of aryl methyl sites for hydroxylation is 1. The molecule has 3 N–H and O–H groups in total. The van der Waals surface area contributed by atoms with Crippen LogP contribution in [0.5, 0.6) is 0 Å². The Morgan fingerprint density at radius 3 is 2.09 bits per heavy atom. The summed E-state index contributed by atoms with van der Waals surface area (Å²) in [6.45, 7) is 1.86. The Balaban J connectivity index is 0.000000172. The minimum absolute atomic E-state index is 0.0244. The molecule has 0 spiro atoms. The van der Waals surface area contributed by atoms with Gasteiger partial charge in [0.1, 0.15) is 0 Å². The lowest BCUT2D eigenvalue weighted by molar-refractivity contribution is 0.835. The third-order valence-electron chi connectivity index (χ3n) is 2.79. The summed E-state index contributed by atoms with van der Waals surface area (Å²) in [7, 11) is 0. The molecule has 0 aliphatic rings. The van der Waals surface area contributed by atoms with Gasteiger partial charge in [-0.15, -0.1) is 5.11 Å². The van der Waals surface area contributed by atoms with Crippen molar-refractivity contribution in [2.45, 2.75) is 6.92 Å². The number of nitrogens with zero attached hydrogens (tertiary/aromatic N) is 3. The molecule has 3 rings (SSSR count). The molecule has 0 fully saturated rings. The third kappa shape index (κ3) is 4.17. The fourth-order valence-corrected chi connectivity index (χ4v) is 1.84. The van der Waals surface area contributed by atoms with Crippen LogP contribution in [0.3, 0.4) is 0 Å². The first-order chi connectivity index (χ1) is 10.7. The van der Waals surface area contributed by atoms with Crippen molar-refractivity contribution in [2.75, 3.05) is 0 Å². The molecule has 0 radical (unpaired) electrons. The van der Waals surface area contributed by atoms with E-state index in [0.29, 0.717) is 0 Å². The number of hydrogen-bond acceptors (Lipinski definition) is 3. The number of aromatic amines is 1. The maximum absolute atomic E-state index is 11.4. The van der Waals surface area contributed by atoms with E-state index >= 15 is 0 Å². The van der Waals surface area contributed by atoms with Crippen LogP contribution in [0.4, 0.5) is 5.69 Å². The van der Waals surface area contributed by atoms with Crippen LogP contribution >= 0.6 is 0 Å². The summed E-state index contributed by atoms with van der Waals surface area (Å²) in [5.74, 6) is 4.82. The molecule has 0 saturated heterocycles. The Bertz CT molecular complexity index is 775. The summed E-state index contributed by atoms with van der Waals surface area (Å²) < 4.78 is 1.52. The first-order valence-electron chi connectivity index (χ1n) is 6.71. The summed E-state index contributed by atoms with van der Waals surface area (Å²) in [6, 6.07) is 20.4. The Morgan fingerprint density at radius 2 is 1.59 bits per heavy atom. The summed E-state index contributed by atoms with van der Waals surface area (Å²) in [4.78, 5) is 11.4. The molecule has 0 saturated carbocycles. The maximum Gasteiger partial charge on any atom is 0.271 e. The molecule has 6 heteroatoms. The lowest BCUT2D eigenvalue weighted by Gasteiger charge is -1.99. The summed E-state index contributed by atoms with van der Waals surface area (Å²) in [5, 5.41) is 9.71. The van der Waals surface area contributed by atoms with Crippen LogP contribution < -0.4 is 11.4 Å². The van der Waals surface area contributed by atoms with Gasteiger partial charge in [-0.3, -0.25) is 9.89 Å². The summed E-state index contributed by atoms with van der Waals surface area (Å²) in [5.41, 5.74) is 2.48. The lowest BCUT2D eigenvalue weighted by Crippen LogP contribution is -2.12. The largest absolute Gasteiger partial charge is 0.305 e. The van der Waals surface area contributed by atoms with E-state index in [-0.39, 0.29) is 5.56 Å².